The molecule has 0 amide bonds. The Morgan fingerprint density at radius 1 is 1.37 bits per heavy atom. The Labute approximate surface area is 114 Å². The van der Waals surface area contributed by atoms with Gasteiger partial charge in [-0.05, 0) is 24.6 Å². The van der Waals surface area contributed by atoms with Crippen molar-refractivity contribution in [2.75, 3.05) is 5.73 Å². The number of aromatic amines is 1. The first-order valence-electron chi connectivity index (χ1n) is 5.75. The van der Waals surface area contributed by atoms with Crippen LogP contribution in [-0.2, 0) is 0 Å². The fourth-order valence-electron chi connectivity index (χ4n) is 1.66. The molecule has 2 aromatic rings. The lowest BCUT2D eigenvalue weighted by molar-refractivity contribution is 0.716. The first-order valence-corrected chi connectivity index (χ1v) is 6.63. The topological polar surface area (TPSA) is 111 Å². The Balaban J connectivity index is 2.29. The summed E-state index contributed by atoms with van der Waals surface area (Å²) in [7, 11) is 0. The maximum atomic E-state index is 11.4. The molecule has 0 saturated carbocycles. The number of nitrogens with one attached hydrogen (secondary N) is 1. The van der Waals surface area contributed by atoms with Crippen molar-refractivity contribution in [3.05, 3.63) is 46.5 Å². The number of nitrogens with zero attached hydrogens (tertiary/aromatic N) is 2. The van der Waals surface area contributed by atoms with Gasteiger partial charge in [-0.1, -0.05) is 11.8 Å². The monoisotopic (exact) mass is 277 g/mol. The Hall–Kier alpha value is -1.86. The highest BCUT2D eigenvalue weighted by Gasteiger charge is 2.19. The van der Waals surface area contributed by atoms with Gasteiger partial charge in [0.2, 0.25) is 0 Å². The standard InChI is InChI=1S/C12H15N5OS/c1-7(13)11(8-2-4-15-5-3-8)19-12-16-9(14)6-10(18)17-12/h2-7,11H,13H2,1H3,(H3,14,16,17,18). The quantitative estimate of drug-likeness (QED) is 0.566. The molecule has 0 radical (unpaired) electrons. The lowest BCUT2D eigenvalue weighted by atomic mass is 10.1. The van der Waals surface area contributed by atoms with Crippen LogP contribution < -0.4 is 17.0 Å². The van der Waals surface area contributed by atoms with Gasteiger partial charge in [-0.15, -0.1) is 0 Å². The maximum Gasteiger partial charge on any atom is 0.253 e. The number of nitrogens with two attached hydrogens (primary N) is 2. The summed E-state index contributed by atoms with van der Waals surface area (Å²) in [5.41, 5.74) is 12.3. The first kappa shape index (κ1) is 13.6. The summed E-state index contributed by atoms with van der Waals surface area (Å²) in [5, 5.41) is 0.428. The summed E-state index contributed by atoms with van der Waals surface area (Å²) in [5.74, 6) is 0.199. The van der Waals surface area contributed by atoms with Gasteiger partial charge in [0.1, 0.15) is 5.82 Å². The van der Waals surface area contributed by atoms with Gasteiger partial charge in [-0.2, -0.15) is 0 Å². The van der Waals surface area contributed by atoms with Gasteiger partial charge in [-0.3, -0.25) is 9.78 Å². The van der Waals surface area contributed by atoms with E-state index in [0.29, 0.717) is 5.16 Å². The van der Waals surface area contributed by atoms with E-state index in [1.807, 2.05) is 19.1 Å². The van der Waals surface area contributed by atoms with Gasteiger partial charge in [0.25, 0.3) is 5.56 Å². The molecule has 2 heterocycles. The summed E-state index contributed by atoms with van der Waals surface area (Å²) in [4.78, 5) is 22.1. The largest absolute Gasteiger partial charge is 0.383 e. The molecule has 0 aliphatic rings. The third kappa shape index (κ3) is 3.55. The predicted molar refractivity (Wildman–Crippen MR) is 75.8 cm³/mol. The molecular formula is C12H15N5OS. The fraction of sp³-hybridized carbons (Fsp3) is 0.250. The van der Waals surface area contributed by atoms with Gasteiger partial charge in [0.05, 0.1) is 5.25 Å². The van der Waals surface area contributed by atoms with Gasteiger partial charge in [0.15, 0.2) is 5.16 Å². The maximum absolute atomic E-state index is 11.4. The average molecular weight is 277 g/mol. The molecule has 2 rings (SSSR count). The molecule has 19 heavy (non-hydrogen) atoms. The summed E-state index contributed by atoms with van der Waals surface area (Å²) in [6.07, 6.45) is 3.42. The lowest BCUT2D eigenvalue weighted by Crippen LogP contribution is -2.23. The lowest BCUT2D eigenvalue weighted by Gasteiger charge is -2.19. The van der Waals surface area contributed by atoms with Gasteiger partial charge in [-0.25, -0.2) is 4.98 Å². The van der Waals surface area contributed by atoms with Crippen molar-refractivity contribution in [2.24, 2.45) is 5.73 Å². The molecule has 0 bridgehead atoms. The molecule has 100 valence electrons. The van der Waals surface area contributed by atoms with Gasteiger partial charge >= 0.3 is 0 Å². The van der Waals surface area contributed by atoms with Crippen molar-refractivity contribution >= 4 is 17.6 Å². The number of nitrogen functional groups attached to an aromatic ring is 1. The number of thioether (sulfide) groups is 1. The van der Waals surface area contributed by atoms with Crippen molar-refractivity contribution < 1.29 is 0 Å². The number of rotatable bonds is 4. The van der Waals surface area contributed by atoms with E-state index in [2.05, 4.69) is 15.0 Å². The number of H-pyrrole nitrogens is 1. The molecule has 0 aromatic carbocycles. The zero-order chi connectivity index (χ0) is 13.8. The van der Waals surface area contributed by atoms with Crippen molar-refractivity contribution in [3.8, 4) is 0 Å². The van der Waals surface area contributed by atoms with Crippen LogP contribution in [0, 0.1) is 0 Å². The minimum absolute atomic E-state index is 0.0343. The van der Waals surface area contributed by atoms with E-state index in [9.17, 15) is 4.79 Å². The molecule has 5 N–H and O–H groups in total. The zero-order valence-corrected chi connectivity index (χ0v) is 11.2. The molecule has 0 aliphatic carbocycles. The van der Waals surface area contributed by atoms with E-state index < -0.39 is 0 Å². The van der Waals surface area contributed by atoms with E-state index >= 15 is 0 Å². The molecule has 2 aromatic heterocycles. The second-order valence-corrected chi connectivity index (χ2v) is 5.28. The molecule has 6 nitrogen and oxygen atoms in total. The Kier molecular flexibility index (Phi) is 4.18. The van der Waals surface area contributed by atoms with Crippen LogP contribution in [0.5, 0.6) is 0 Å². The number of aromatic nitrogens is 3. The molecule has 0 aliphatic heterocycles. The molecular weight excluding hydrogens is 262 g/mol. The molecule has 2 atom stereocenters. The van der Waals surface area contributed by atoms with E-state index in [0.717, 1.165) is 5.56 Å². The first-order chi connectivity index (χ1) is 9.06. The molecule has 0 fully saturated rings. The number of pyridine rings is 1. The minimum Gasteiger partial charge on any atom is -0.383 e. The van der Waals surface area contributed by atoms with Crippen LogP contribution in [0.15, 0.2) is 40.5 Å². The smallest absolute Gasteiger partial charge is 0.253 e. The average Bonchev–Trinajstić information content (AvgIpc) is 2.35. The van der Waals surface area contributed by atoms with Crippen molar-refractivity contribution in [2.45, 2.75) is 23.4 Å². The third-order valence-corrected chi connectivity index (χ3v) is 3.86. The van der Waals surface area contributed by atoms with Crippen LogP contribution in [0.25, 0.3) is 0 Å². The van der Waals surface area contributed by atoms with E-state index in [1.54, 1.807) is 12.4 Å². The van der Waals surface area contributed by atoms with Crippen LogP contribution in [0.1, 0.15) is 17.7 Å². The van der Waals surface area contributed by atoms with E-state index in [4.69, 9.17) is 11.5 Å². The highest BCUT2D eigenvalue weighted by atomic mass is 32.2. The number of hydrogen-bond donors (Lipinski definition) is 3. The number of anilines is 1. The second kappa shape index (κ2) is 5.85. The van der Waals surface area contributed by atoms with Crippen LogP contribution in [0.2, 0.25) is 0 Å². The van der Waals surface area contributed by atoms with Crippen molar-refractivity contribution in [1.82, 2.24) is 15.0 Å². The molecule has 0 saturated heterocycles. The molecule has 0 spiro atoms. The Morgan fingerprint density at radius 2 is 2.05 bits per heavy atom. The molecule has 7 heteroatoms. The summed E-state index contributed by atoms with van der Waals surface area (Å²) in [6.45, 7) is 1.91. The molecule has 2 unspecified atom stereocenters. The van der Waals surface area contributed by atoms with Gasteiger partial charge < -0.3 is 16.5 Å². The SMILES string of the molecule is CC(N)C(Sc1nc(N)cc(=O)[nH]1)c1ccncc1. The van der Waals surface area contributed by atoms with Crippen LogP contribution >= 0.6 is 11.8 Å². The summed E-state index contributed by atoms with van der Waals surface area (Å²) >= 11 is 1.38. The predicted octanol–water partition coefficient (Wildman–Crippen LogP) is 0.928. The van der Waals surface area contributed by atoms with E-state index in [1.165, 1.54) is 17.8 Å². The van der Waals surface area contributed by atoms with Crippen LogP contribution in [-0.4, -0.2) is 21.0 Å². The van der Waals surface area contributed by atoms with Gasteiger partial charge in [0, 0.05) is 24.5 Å². The van der Waals surface area contributed by atoms with Crippen molar-refractivity contribution in [1.29, 1.82) is 0 Å². The fourth-order valence-corrected chi connectivity index (χ4v) is 2.73. The van der Waals surface area contributed by atoms with Crippen LogP contribution in [0.3, 0.4) is 0 Å². The normalized spacial score (nSPS) is 14.0. The summed E-state index contributed by atoms with van der Waals surface area (Å²) in [6, 6.07) is 4.92. The Bertz CT molecular complexity index is 599. The summed E-state index contributed by atoms with van der Waals surface area (Å²) < 4.78 is 0. The highest BCUT2D eigenvalue weighted by molar-refractivity contribution is 7.99. The Morgan fingerprint density at radius 3 is 2.63 bits per heavy atom. The highest BCUT2D eigenvalue weighted by Crippen LogP contribution is 2.34. The second-order valence-electron chi connectivity index (χ2n) is 4.15. The zero-order valence-electron chi connectivity index (χ0n) is 10.4. The number of hydrogen-bond acceptors (Lipinski definition) is 6. The van der Waals surface area contributed by atoms with Crippen LogP contribution in [0.4, 0.5) is 5.82 Å². The third-order valence-electron chi connectivity index (χ3n) is 2.49. The minimum atomic E-state index is -0.270. The van der Waals surface area contributed by atoms with Crippen molar-refractivity contribution in [3.63, 3.8) is 0 Å². The van der Waals surface area contributed by atoms with E-state index in [-0.39, 0.29) is 22.7 Å².